The predicted octanol–water partition coefficient (Wildman–Crippen LogP) is 18.3. The second kappa shape index (κ2) is 14.5. The Kier molecular flexibility index (Phi) is 8.02. The summed E-state index contributed by atoms with van der Waals surface area (Å²) in [5.41, 5.74) is 17.9. The zero-order valence-electron chi connectivity index (χ0n) is 37.4. The van der Waals surface area contributed by atoms with Crippen LogP contribution in [0.25, 0.3) is 121 Å². The molecular formula is C67H40O2. The Morgan fingerprint density at radius 3 is 1.26 bits per heavy atom. The number of fused-ring (bicyclic) bond motifs is 15. The molecule has 0 unspecified atom stereocenters. The Labute approximate surface area is 397 Å². The van der Waals surface area contributed by atoms with Gasteiger partial charge in [0.05, 0.1) is 5.41 Å². The summed E-state index contributed by atoms with van der Waals surface area (Å²) in [4.78, 5) is 0. The second-order valence-corrected chi connectivity index (χ2v) is 18.7. The standard InChI is InChI=1S/C67H40O2/c1-3-13-47(14-4-1)67(48-15-5-2-6-16-48)61-21-11-9-19-53(61)54-33-29-46(38-62(54)67)45-28-32-52-51-31-27-43(35-56(51)49-17-7-8-18-50(49)57(52)36-45)41-23-25-42(26-24-41)44-30-34-64-58(37-44)60-40-65-59(39-66(60)69-64)55-20-10-12-22-63(55)68-65/h1-40H. The van der Waals surface area contributed by atoms with Gasteiger partial charge in [0.25, 0.3) is 0 Å². The topological polar surface area (TPSA) is 26.3 Å². The minimum Gasteiger partial charge on any atom is -0.456 e. The van der Waals surface area contributed by atoms with Crippen LogP contribution in [-0.4, -0.2) is 0 Å². The van der Waals surface area contributed by atoms with E-state index >= 15 is 0 Å². The van der Waals surface area contributed by atoms with Gasteiger partial charge in [-0.1, -0.05) is 194 Å². The van der Waals surface area contributed by atoms with Crippen molar-refractivity contribution < 1.29 is 8.83 Å². The molecule has 2 heterocycles. The van der Waals surface area contributed by atoms with E-state index in [1.807, 2.05) is 18.2 Å². The molecule has 0 aliphatic heterocycles. The summed E-state index contributed by atoms with van der Waals surface area (Å²) < 4.78 is 12.6. The number of rotatable bonds is 5. The molecule has 320 valence electrons. The predicted molar refractivity (Wildman–Crippen MR) is 287 cm³/mol. The first kappa shape index (κ1) is 38.2. The summed E-state index contributed by atoms with van der Waals surface area (Å²) in [6.45, 7) is 0. The molecule has 0 amide bonds. The van der Waals surface area contributed by atoms with Crippen LogP contribution in [0.2, 0.25) is 0 Å². The van der Waals surface area contributed by atoms with E-state index in [4.69, 9.17) is 8.83 Å². The Hall–Kier alpha value is -8.98. The van der Waals surface area contributed by atoms with Crippen LogP contribution in [-0.2, 0) is 5.41 Å². The molecule has 12 aromatic carbocycles. The van der Waals surface area contributed by atoms with Crippen molar-refractivity contribution >= 4 is 76.2 Å². The first-order chi connectivity index (χ1) is 34.2. The minimum absolute atomic E-state index is 0.447. The summed E-state index contributed by atoms with van der Waals surface area (Å²) in [5.74, 6) is 0. The summed E-state index contributed by atoms with van der Waals surface area (Å²) in [6, 6.07) is 89.1. The first-order valence-electron chi connectivity index (χ1n) is 23.8. The third-order valence-electron chi connectivity index (χ3n) is 15.1. The number of hydrogen-bond donors (Lipinski definition) is 0. The zero-order valence-corrected chi connectivity index (χ0v) is 37.4. The van der Waals surface area contributed by atoms with E-state index in [0.29, 0.717) is 0 Å². The van der Waals surface area contributed by atoms with Gasteiger partial charge in [-0.2, -0.15) is 0 Å². The fourth-order valence-corrected chi connectivity index (χ4v) is 12.0. The molecular weight excluding hydrogens is 837 g/mol. The quantitative estimate of drug-likeness (QED) is 0.161. The van der Waals surface area contributed by atoms with Gasteiger partial charge >= 0.3 is 0 Å². The van der Waals surface area contributed by atoms with E-state index in [1.54, 1.807) is 0 Å². The van der Waals surface area contributed by atoms with Crippen LogP contribution in [0.15, 0.2) is 251 Å². The SMILES string of the molecule is c1ccc(C2(c3ccccc3)c3ccccc3-c3ccc(-c4ccc5c6ccc(-c7ccc(-c8ccc9oc%10cc%11c(cc%10c9c8)oc8ccccc8%11)cc7)cc6c6ccccc6c5c4)cc32)cc1. The monoisotopic (exact) mass is 876 g/mol. The Balaban J connectivity index is 0.811. The molecule has 0 saturated carbocycles. The van der Waals surface area contributed by atoms with E-state index in [-0.39, 0.29) is 0 Å². The van der Waals surface area contributed by atoms with Crippen LogP contribution in [0.5, 0.6) is 0 Å². The van der Waals surface area contributed by atoms with Crippen molar-refractivity contribution in [3.63, 3.8) is 0 Å². The van der Waals surface area contributed by atoms with Gasteiger partial charge in [-0.3, -0.25) is 0 Å². The summed E-state index contributed by atoms with van der Waals surface area (Å²) in [6.07, 6.45) is 0. The fourth-order valence-electron chi connectivity index (χ4n) is 12.0. The average molecular weight is 877 g/mol. The van der Waals surface area contributed by atoms with Crippen LogP contribution in [0.4, 0.5) is 0 Å². The van der Waals surface area contributed by atoms with Crippen molar-refractivity contribution in [1.82, 2.24) is 0 Å². The number of furan rings is 2. The fraction of sp³-hybridized carbons (Fsp3) is 0.0149. The molecule has 2 nitrogen and oxygen atoms in total. The van der Waals surface area contributed by atoms with E-state index in [9.17, 15) is 0 Å². The highest BCUT2D eigenvalue weighted by atomic mass is 16.3. The molecule has 0 radical (unpaired) electrons. The maximum absolute atomic E-state index is 6.38. The molecule has 0 spiro atoms. The maximum atomic E-state index is 6.38. The van der Waals surface area contributed by atoms with Crippen molar-refractivity contribution in [2.75, 3.05) is 0 Å². The van der Waals surface area contributed by atoms with Gasteiger partial charge in [0, 0.05) is 21.5 Å². The van der Waals surface area contributed by atoms with E-state index in [1.165, 1.54) is 88.0 Å². The van der Waals surface area contributed by atoms with Crippen LogP contribution >= 0.6 is 0 Å². The van der Waals surface area contributed by atoms with Crippen molar-refractivity contribution in [2.24, 2.45) is 0 Å². The smallest absolute Gasteiger partial charge is 0.136 e. The van der Waals surface area contributed by atoms with Crippen LogP contribution in [0, 0.1) is 0 Å². The molecule has 69 heavy (non-hydrogen) atoms. The lowest BCUT2D eigenvalue weighted by molar-refractivity contribution is 0.664. The maximum Gasteiger partial charge on any atom is 0.136 e. The number of para-hydroxylation sites is 1. The Morgan fingerprint density at radius 1 is 0.217 bits per heavy atom. The lowest BCUT2D eigenvalue weighted by Crippen LogP contribution is -2.28. The van der Waals surface area contributed by atoms with Gasteiger partial charge in [-0.15, -0.1) is 0 Å². The van der Waals surface area contributed by atoms with Crippen molar-refractivity contribution in [2.45, 2.75) is 5.41 Å². The molecule has 0 atom stereocenters. The molecule has 0 N–H and O–H groups in total. The van der Waals surface area contributed by atoms with Crippen LogP contribution < -0.4 is 0 Å². The lowest BCUT2D eigenvalue weighted by Gasteiger charge is -2.34. The van der Waals surface area contributed by atoms with Gasteiger partial charge < -0.3 is 8.83 Å². The van der Waals surface area contributed by atoms with Gasteiger partial charge in [0.15, 0.2) is 0 Å². The third kappa shape index (κ3) is 5.55. The molecule has 0 bridgehead atoms. The molecule has 0 saturated heterocycles. The Bertz CT molecular complexity index is 4340. The van der Waals surface area contributed by atoms with Gasteiger partial charge in [0.1, 0.15) is 22.3 Å². The van der Waals surface area contributed by atoms with E-state index in [2.05, 4.69) is 224 Å². The lowest BCUT2D eigenvalue weighted by atomic mass is 9.67. The summed E-state index contributed by atoms with van der Waals surface area (Å²) >= 11 is 0. The average Bonchev–Trinajstić information content (AvgIpc) is 4.07. The normalized spacial score (nSPS) is 13.0. The number of hydrogen-bond acceptors (Lipinski definition) is 2. The summed E-state index contributed by atoms with van der Waals surface area (Å²) in [7, 11) is 0. The van der Waals surface area contributed by atoms with Gasteiger partial charge in [0.2, 0.25) is 0 Å². The minimum atomic E-state index is -0.447. The molecule has 0 fully saturated rings. The van der Waals surface area contributed by atoms with Crippen LogP contribution in [0.3, 0.4) is 0 Å². The molecule has 1 aliphatic rings. The van der Waals surface area contributed by atoms with Gasteiger partial charge in [-0.05, 0) is 148 Å². The first-order valence-corrected chi connectivity index (χ1v) is 23.8. The molecule has 2 heteroatoms. The van der Waals surface area contributed by atoms with E-state index < -0.39 is 5.41 Å². The summed E-state index contributed by atoms with van der Waals surface area (Å²) in [5, 5.41) is 11.9. The highest BCUT2D eigenvalue weighted by Gasteiger charge is 2.46. The highest BCUT2D eigenvalue weighted by molar-refractivity contribution is 6.26. The van der Waals surface area contributed by atoms with E-state index in [0.717, 1.165) is 55.0 Å². The molecule has 15 rings (SSSR count). The van der Waals surface area contributed by atoms with Crippen molar-refractivity contribution in [1.29, 1.82) is 0 Å². The largest absolute Gasteiger partial charge is 0.456 e. The molecule has 1 aliphatic carbocycles. The van der Waals surface area contributed by atoms with Crippen molar-refractivity contribution in [3.05, 3.63) is 265 Å². The number of benzene rings is 12. The zero-order chi connectivity index (χ0) is 45.2. The Morgan fingerprint density at radius 2 is 0.623 bits per heavy atom. The molecule has 2 aromatic heterocycles. The van der Waals surface area contributed by atoms with Gasteiger partial charge in [-0.25, -0.2) is 0 Å². The highest BCUT2D eigenvalue weighted by Crippen LogP contribution is 2.57. The second-order valence-electron chi connectivity index (χ2n) is 18.7. The van der Waals surface area contributed by atoms with Crippen molar-refractivity contribution in [3.8, 4) is 44.5 Å². The third-order valence-corrected chi connectivity index (χ3v) is 15.1. The van der Waals surface area contributed by atoms with Crippen LogP contribution in [0.1, 0.15) is 22.3 Å². The molecule has 14 aromatic rings.